The molecule has 27 heteroatoms. The first kappa shape index (κ1) is 67.5. The molecule has 3 aliphatic rings. The fourth-order valence-corrected chi connectivity index (χ4v) is 10.3. The van der Waals surface area contributed by atoms with Crippen molar-refractivity contribution in [1.82, 2.24) is 5.32 Å². The van der Waals surface area contributed by atoms with Crippen molar-refractivity contribution in [3.63, 3.8) is 0 Å². The molecule has 0 aromatic carbocycles. The van der Waals surface area contributed by atoms with Crippen LogP contribution in [0.4, 0.5) is 4.79 Å². The SMILES string of the molecule is CC(=O)N[C@H]1[C@H](O[C@H]2[C@@H](OP(=O)(O)OC[C@@H](OCCC(C)CCCCC(C)(C)CCC(C)CCC(C)CCCC(C)C)C(=O)O)O[C@H](C(N)=O)[C@H](O)[C@@H]2OC(N)=O)O[C@H](CO)[C@@H](O[C@@H]2O[C@H](CO)[C@@H](O)[C@H](O)[C@H]2O)[C@@H]1O. The Balaban J connectivity index is 1.66. The summed E-state index contributed by atoms with van der Waals surface area (Å²) in [6.45, 7) is 13.8. The number of carbonyl (C=O) groups excluding carboxylic acids is 3. The molecule has 3 heterocycles. The zero-order valence-electron chi connectivity index (χ0n) is 45.2. The molecule has 444 valence electrons. The van der Waals surface area contributed by atoms with Crippen molar-refractivity contribution < 1.29 is 112 Å². The second-order valence-electron chi connectivity index (χ2n) is 22.1. The Bertz CT molecular complexity index is 1820. The van der Waals surface area contributed by atoms with E-state index in [-0.39, 0.29) is 17.9 Å². The summed E-state index contributed by atoms with van der Waals surface area (Å²) in [5.41, 5.74) is 10.9. The molecule has 0 aromatic rings. The maximum atomic E-state index is 13.6. The lowest BCUT2D eigenvalue weighted by Crippen LogP contribution is -2.70. The number of aliphatic hydroxyl groups is 7. The van der Waals surface area contributed by atoms with Crippen LogP contribution in [0.3, 0.4) is 0 Å². The number of carboxylic acids is 1. The first-order valence-corrected chi connectivity index (χ1v) is 27.9. The van der Waals surface area contributed by atoms with Gasteiger partial charge in [0.1, 0.15) is 54.9 Å². The van der Waals surface area contributed by atoms with E-state index in [1.807, 2.05) is 6.92 Å². The highest BCUT2D eigenvalue weighted by molar-refractivity contribution is 7.47. The van der Waals surface area contributed by atoms with Crippen LogP contribution in [-0.2, 0) is 61.2 Å². The molecule has 3 rings (SSSR count). The zero-order valence-corrected chi connectivity index (χ0v) is 46.1. The van der Waals surface area contributed by atoms with Crippen molar-refractivity contribution >= 4 is 31.7 Å². The molecule has 20 atom stereocenters. The topological polar surface area (TPSA) is 415 Å². The van der Waals surface area contributed by atoms with Crippen LogP contribution in [-0.4, -0.2) is 194 Å². The van der Waals surface area contributed by atoms with Crippen molar-refractivity contribution in [2.45, 2.75) is 231 Å². The highest BCUT2D eigenvalue weighted by Crippen LogP contribution is 2.48. The highest BCUT2D eigenvalue weighted by atomic mass is 31.2. The van der Waals surface area contributed by atoms with Crippen LogP contribution in [0.15, 0.2) is 0 Å². The number of hydrogen-bond donors (Lipinski definition) is 12. The summed E-state index contributed by atoms with van der Waals surface area (Å²) in [4.78, 5) is 60.3. The second kappa shape index (κ2) is 31.9. The predicted octanol–water partition coefficient (Wildman–Crippen LogP) is 1.05. The Morgan fingerprint density at radius 2 is 1.26 bits per heavy atom. The van der Waals surface area contributed by atoms with E-state index < -0.39 is 150 Å². The number of primary amides is 2. The summed E-state index contributed by atoms with van der Waals surface area (Å²) in [6.07, 6.45) is -18.5. The minimum absolute atomic E-state index is 0.0598. The van der Waals surface area contributed by atoms with Gasteiger partial charge >= 0.3 is 19.9 Å². The van der Waals surface area contributed by atoms with Gasteiger partial charge < -0.3 is 95.7 Å². The normalized spacial score (nSPS) is 32.7. The second-order valence-corrected chi connectivity index (χ2v) is 23.5. The van der Waals surface area contributed by atoms with E-state index in [0.717, 1.165) is 50.9 Å². The third-order valence-electron chi connectivity index (χ3n) is 14.3. The van der Waals surface area contributed by atoms with Crippen LogP contribution in [0, 0.1) is 29.1 Å². The van der Waals surface area contributed by atoms with Gasteiger partial charge in [-0.2, -0.15) is 0 Å². The average Bonchev–Trinajstić information content (AvgIpc) is 3.33. The van der Waals surface area contributed by atoms with E-state index in [4.69, 9.17) is 53.7 Å². The van der Waals surface area contributed by atoms with Crippen LogP contribution in [0.2, 0.25) is 0 Å². The molecule has 76 heavy (non-hydrogen) atoms. The minimum atomic E-state index is -5.58. The molecule has 26 nitrogen and oxygen atoms in total. The summed E-state index contributed by atoms with van der Waals surface area (Å²) in [5.74, 6) is -1.54. The molecule has 0 spiro atoms. The van der Waals surface area contributed by atoms with Crippen LogP contribution in [0.1, 0.15) is 132 Å². The van der Waals surface area contributed by atoms with Gasteiger partial charge in [0.2, 0.25) is 11.8 Å². The van der Waals surface area contributed by atoms with Gasteiger partial charge in [0.15, 0.2) is 43.3 Å². The fourth-order valence-electron chi connectivity index (χ4n) is 9.45. The molecule has 0 saturated carbocycles. The number of phosphoric acid groups is 1. The number of phosphoric ester groups is 1. The summed E-state index contributed by atoms with van der Waals surface area (Å²) in [7, 11) is -5.58. The number of unbranched alkanes of at least 4 members (excludes halogenated alkanes) is 1. The van der Waals surface area contributed by atoms with Crippen LogP contribution in [0.5, 0.6) is 0 Å². The highest BCUT2D eigenvalue weighted by Gasteiger charge is 2.57. The van der Waals surface area contributed by atoms with Crippen LogP contribution >= 0.6 is 7.82 Å². The third kappa shape index (κ3) is 21.7. The van der Waals surface area contributed by atoms with E-state index in [2.05, 4.69) is 46.9 Å². The molecule has 3 fully saturated rings. The van der Waals surface area contributed by atoms with Gasteiger partial charge in [-0.1, -0.05) is 106 Å². The minimum Gasteiger partial charge on any atom is -0.479 e. The standard InChI is InChI=1S/C49H90N3O23P/c1-25(2)12-11-14-26(3)15-16-28(5)17-20-49(7,8)19-10-9-13-27(4)18-21-67-32(44(62)63)24-68-76(65,66)75-47-42(40(74-48(51)64)38(60)41(72-47)43(50)61)73-45-33(52-29(6)55)35(57)39(31(23-54)70-45)71-46-37(59)36(58)34(56)30(22-53)69-46/h25-28,30-42,45-47,53-54,56-60H,9-24H2,1-8H3,(H2,50,61)(H2,51,64)(H,52,55)(H,62,63)(H,65,66)/t26?,27?,28?,30-,31-,32-,33-,34-,35-,36+,37-,38-,39-,40+,41+,42-,45+,46+,47-/m1/s1. The monoisotopic (exact) mass is 1120 g/mol. The number of rotatable bonds is 34. The summed E-state index contributed by atoms with van der Waals surface area (Å²) in [5, 5.41) is 86.2. The summed E-state index contributed by atoms with van der Waals surface area (Å²) < 4.78 is 62.6. The van der Waals surface area contributed by atoms with Gasteiger partial charge in [-0.25, -0.2) is 14.2 Å². The van der Waals surface area contributed by atoms with Gasteiger partial charge in [-0.15, -0.1) is 0 Å². The first-order chi connectivity index (χ1) is 35.5. The Morgan fingerprint density at radius 3 is 1.84 bits per heavy atom. The maximum Gasteiger partial charge on any atom is 0.474 e. The van der Waals surface area contributed by atoms with Crippen molar-refractivity contribution in [3.05, 3.63) is 0 Å². The number of aliphatic hydroxyl groups excluding tert-OH is 7. The summed E-state index contributed by atoms with van der Waals surface area (Å²) >= 11 is 0. The van der Waals surface area contributed by atoms with Gasteiger partial charge in [0.05, 0.1) is 19.8 Å². The molecule has 0 bridgehead atoms. The number of nitrogens with two attached hydrogens (primary N) is 2. The number of amides is 3. The quantitative estimate of drug-likeness (QED) is 0.0316. The smallest absolute Gasteiger partial charge is 0.474 e. The lowest BCUT2D eigenvalue weighted by Gasteiger charge is -2.49. The number of carboxylic acid groups (broad SMARTS) is 1. The van der Waals surface area contributed by atoms with Gasteiger partial charge in [-0.05, 0) is 48.3 Å². The lowest BCUT2D eigenvalue weighted by atomic mass is 9.79. The van der Waals surface area contributed by atoms with Gasteiger partial charge in [0.25, 0.3) is 0 Å². The molecule has 0 aromatic heterocycles. The molecule has 4 unspecified atom stereocenters. The Hall–Kier alpha value is -2.73. The lowest BCUT2D eigenvalue weighted by molar-refractivity contribution is -0.365. The Labute approximate surface area is 445 Å². The Morgan fingerprint density at radius 1 is 0.671 bits per heavy atom. The van der Waals surface area contributed by atoms with Gasteiger partial charge in [0, 0.05) is 13.5 Å². The van der Waals surface area contributed by atoms with Crippen molar-refractivity contribution in [3.8, 4) is 0 Å². The number of nitrogens with one attached hydrogen (secondary N) is 1. The zero-order chi connectivity index (χ0) is 57.2. The predicted molar refractivity (Wildman–Crippen MR) is 267 cm³/mol. The molecule has 14 N–H and O–H groups in total. The molecule has 3 aliphatic heterocycles. The van der Waals surface area contributed by atoms with Crippen molar-refractivity contribution in [1.29, 1.82) is 0 Å². The van der Waals surface area contributed by atoms with E-state index >= 15 is 0 Å². The van der Waals surface area contributed by atoms with E-state index in [9.17, 15) is 69.5 Å². The molecular formula is C49H90N3O23P. The van der Waals surface area contributed by atoms with E-state index in [1.165, 1.54) is 38.5 Å². The third-order valence-corrected chi connectivity index (χ3v) is 15.2. The molecule has 3 amide bonds. The van der Waals surface area contributed by atoms with Crippen molar-refractivity contribution in [2.24, 2.45) is 40.6 Å². The molecule has 3 saturated heterocycles. The van der Waals surface area contributed by atoms with Crippen LogP contribution < -0.4 is 16.8 Å². The van der Waals surface area contributed by atoms with E-state index in [0.29, 0.717) is 12.3 Å². The molecule has 0 aliphatic carbocycles. The largest absolute Gasteiger partial charge is 0.479 e. The Kier molecular flexibility index (Phi) is 28.4. The maximum absolute atomic E-state index is 13.6. The van der Waals surface area contributed by atoms with Crippen LogP contribution in [0.25, 0.3) is 0 Å². The summed E-state index contributed by atoms with van der Waals surface area (Å²) in [6, 6.07) is -1.83. The van der Waals surface area contributed by atoms with Crippen molar-refractivity contribution in [2.75, 3.05) is 26.4 Å². The first-order valence-electron chi connectivity index (χ1n) is 26.4. The number of hydrogen-bond acceptors (Lipinski definition) is 21. The number of carbonyl (C=O) groups is 4. The van der Waals surface area contributed by atoms with E-state index in [1.54, 1.807) is 0 Å². The van der Waals surface area contributed by atoms with Gasteiger partial charge in [-0.3, -0.25) is 18.6 Å². The molecule has 0 radical (unpaired) electrons. The average molecular weight is 1120 g/mol. The number of aliphatic carboxylic acids is 1. The number of ether oxygens (including phenoxy) is 7. The fraction of sp³-hybridized carbons (Fsp3) is 0.918. The molecular weight excluding hydrogens is 1030 g/mol.